The molecule has 0 unspecified atom stereocenters. The number of hydrogen-bond acceptors (Lipinski definition) is 3. The van der Waals surface area contributed by atoms with Gasteiger partial charge in [-0.25, -0.2) is 4.99 Å². The summed E-state index contributed by atoms with van der Waals surface area (Å²) in [7, 11) is 0. The standard InChI is InChI=1S/C15H22N2O/c1-2-18-15(17-4-3-16)14-12-6-10-5-11(8-12)9-13(14)7-10/h10-14H,2,4-9H2,1H3. The van der Waals surface area contributed by atoms with Crippen LogP contribution in [0, 0.1) is 40.9 Å². The van der Waals surface area contributed by atoms with Crippen molar-refractivity contribution in [3.63, 3.8) is 0 Å². The van der Waals surface area contributed by atoms with Crippen LogP contribution in [0.5, 0.6) is 0 Å². The fourth-order valence-corrected chi connectivity index (χ4v) is 4.84. The SMILES string of the molecule is CCOC(=NCC#N)C1C2CC3CC(C2)CC1C3. The first-order valence-corrected chi connectivity index (χ1v) is 7.35. The summed E-state index contributed by atoms with van der Waals surface area (Å²) in [6, 6.07) is 2.11. The molecule has 0 atom stereocenters. The van der Waals surface area contributed by atoms with E-state index < -0.39 is 0 Å². The number of rotatable bonds is 3. The minimum absolute atomic E-state index is 0.248. The Morgan fingerprint density at radius 2 is 1.78 bits per heavy atom. The van der Waals surface area contributed by atoms with E-state index in [-0.39, 0.29) is 6.54 Å². The Morgan fingerprint density at radius 3 is 2.28 bits per heavy atom. The van der Waals surface area contributed by atoms with Crippen molar-refractivity contribution in [1.82, 2.24) is 0 Å². The highest BCUT2D eigenvalue weighted by molar-refractivity contribution is 5.80. The molecule has 0 aliphatic heterocycles. The number of ether oxygens (including phenoxy) is 1. The fourth-order valence-electron chi connectivity index (χ4n) is 4.84. The lowest BCUT2D eigenvalue weighted by Gasteiger charge is -2.54. The summed E-state index contributed by atoms with van der Waals surface area (Å²) in [6.07, 6.45) is 6.96. The molecule has 4 saturated carbocycles. The average Bonchev–Trinajstić information content (AvgIpc) is 2.34. The van der Waals surface area contributed by atoms with E-state index in [2.05, 4.69) is 11.1 Å². The van der Waals surface area contributed by atoms with Crippen molar-refractivity contribution in [2.24, 2.45) is 34.6 Å². The Balaban J connectivity index is 1.80. The van der Waals surface area contributed by atoms with Gasteiger partial charge in [0.15, 0.2) is 5.90 Å². The molecule has 18 heavy (non-hydrogen) atoms. The van der Waals surface area contributed by atoms with E-state index in [1.165, 1.54) is 32.1 Å². The van der Waals surface area contributed by atoms with Crippen molar-refractivity contribution in [1.29, 1.82) is 5.26 Å². The molecule has 0 aromatic carbocycles. The fraction of sp³-hybridized carbons (Fsp3) is 0.867. The Morgan fingerprint density at radius 1 is 1.17 bits per heavy atom. The molecule has 4 rings (SSSR count). The molecule has 4 bridgehead atoms. The third-order valence-corrected chi connectivity index (χ3v) is 5.11. The molecular formula is C15H22N2O. The second-order valence-corrected chi connectivity index (χ2v) is 6.20. The third kappa shape index (κ3) is 2.02. The Labute approximate surface area is 109 Å². The maximum atomic E-state index is 8.72. The molecule has 0 spiro atoms. The highest BCUT2D eigenvalue weighted by atomic mass is 16.5. The number of hydrogen-bond donors (Lipinski definition) is 0. The second kappa shape index (κ2) is 4.91. The molecular weight excluding hydrogens is 224 g/mol. The third-order valence-electron chi connectivity index (χ3n) is 5.11. The molecule has 0 heterocycles. The number of aliphatic imine (C=N–C) groups is 1. The van der Waals surface area contributed by atoms with Gasteiger partial charge in [0, 0.05) is 5.92 Å². The van der Waals surface area contributed by atoms with Gasteiger partial charge in [-0.2, -0.15) is 5.26 Å². The van der Waals surface area contributed by atoms with E-state index in [4.69, 9.17) is 10.00 Å². The van der Waals surface area contributed by atoms with Crippen LogP contribution in [0.25, 0.3) is 0 Å². The Hall–Kier alpha value is -1.04. The molecule has 98 valence electrons. The van der Waals surface area contributed by atoms with Crippen LogP contribution in [0.4, 0.5) is 0 Å². The van der Waals surface area contributed by atoms with Crippen LogP contribution in [0.1, 0.15) is 39.0 Å². The van der Waals surface area contributed by atoms with Crippen LogP contribution in [-0.2, 0) is 4.74 Å². The van der Waals surface area contributed by atoms with Crippen LogP contribution >= 0.6 is 0 Å². The monoisotopic (exact) mass is 246 g/mol. The van der Waals surface area contributed by atoms with Crippen LogP contribution in [0.15, 0.2) is 4.99 Å². The van der Waals surface area contributed by atoms with Gasteiger partial charge >= 0.3 is 0 Å². The zero-order valence-electron chi connectivity index (χ0n) is 11.1. The van der Waals surface area contributed by atoms with Gasteiger partial charge in [-0.15, -0.1) is 0 Å². The normalized spacial score (nSPS) is 41.8. The molecule has 0 amide bonds. The summed E-state index contributed by atoms with van der Waals surface area (Å²) in [5.74, 6) is 4.93. The van der Waals surface area contributed by atoms with E-state index in [0.717, 1.165) is 29.6 Å². The largest absolute Gasteiger partial charge is 0.481 e. The zero-order valence-corrected chi connectivity index (χ0v) is 11.1. The smallest absolute Gasteiger partial charge is 0.187 e. The Kier molecular flexibility index (Phi) is 3.28. The van der Waals surface area contributed by atoms with Gasteiger partial charge in [-0.3, -0.25) is 0 Å². The van der Waals surface area contributed by atoms with Crippen LogP contribution in [-0.4, -0.2) is 19.0 Å². The molecule has 4 fully saturated rings. The van der Waals surface area contributed by atoms with Crippen molar-refractivity contribution in [2.45, 2.75) is 39.0 Å². The maximum absolute atomic E-state index is 8.72. The predicted octanol–water partition coefficient (Wildman–Crippen LogP) is 3.02. The first-order valence-electron chi connectivity index (χ1n) is 7.35. The summed E-state index contributed by atoms with van der Waals surface area (Å²) in [4.78, 5) is 4.41. The molecule has 3 nitrogen and oxygen atoms in total. The van der Waals surface area contributed by atoms with Gasteiger partial charge in [0.25, 0.3) is 0 Å². The number of nitriles is 1. The highest BCUT2D eigenvalue weighted by Gasteiger charge is 2.50. The van der Waals surface area contributed by atoms with Gasteiger partial charge in [-0.05, 0) is 62.7 Å². The van der Waals surface area contributed by atoms with Gasteiger partial charge < -0.3 is 4.74 Å². The minimum atomic E-state index is 0.248. The van der Waals surface area contributed by atoms with Gasteiger partial charge in [0.2, 0.25) is 0 Å². The van der Waals surface area contributed by atoms with E-state index >= 15 is 0 Å². The van der Waals surface area contributed by atoms with Crippen LogP contribution in [0.2, 0.25) is 0 Å². The molecule has 0 aromatic heterocycles. The van der Waals surface area contributed by atoms with Crippen molar-refractivity contribution < 1.29 is 4.74 Å². The summed E-state index contributed by atoms with van der Waals surface area (Å²) in [6.45, 7) is 2.93. The molecule has 0 radical (unpaired) electrons. The molecule has 0 saturated heterocycles. The quantitative estimate of drug-likeness (QED) is 0.436. The van der Waals surface area contributed by atoms with Crippen molar-refractivity contribution >= 4 is 5.90 Å². The predicted molar refractivity (Wildman–Crippen MR) is 70.1 cm³/mol. The minimum Gasteiger partial charge on any atom is -0.481 e. The van der Waals surface area contributed by atoms with Crippen molar-refractivity contribution in [3.8, 4) is 6.07 Å². The maximum Gasteiger partial charge on any atom is 0.187 e. The lowest BCUT2D eigenvalue weighted by atomic mass is 9.52. The topological polar surface area (TPSA) is 45.4 Å². The summed E-state index contributed by atoms with van der Waals surface area (Å²) in [5, 5.41) is 8.72. The van der Waals surface area contributed by atoms with E-state index in [1.807, 2.05) is 6.92 Å². The molecule has 4 aliphatic carbocycles. The van der Waals surface area contributed by atoms with E-state index in [1.54, 1.807) is 0 Å². The Bertz CT molecular complexity index is 354. The van der Waals surface area contributed by atoms with Crippen molar-refractivity contribution in [3.05, 3.63) is 0 Å². The summed E-state index contributed by atoms with van der Waals surface area (Å²) in [5.41, 5.74) is 0. The first-order chi connectivity index (χ1) is 8.81. The molecule has 0 N–H and O–H groups in total. The lowest BCUT2D eigenvalue weighted by molar-refractivity contribution is -0.0167. The lowest BCUT2D eigenvalue weighted by Crippen LogP contribution is -2.48. The molecule has 0 aromatic rings. The van der Waals surface area contributed by atoms with Crippen LogP contribution < -0.4 is 0 Å². The molecule has 3 heteroatoms. The van der Waals surface area contributed by atoms with E-state index in [9.17, 15) is 0 Å². The number of nitrogens with zero attached hydrogens (tertiary/aromatic N) is 2. The van der Waals surface area contributed by atoms with Gasteiger partial charge in [0.1, 0.15) is 6.54 Å². The average molecular weight is 246 g/mol. The first kappa shape index (κ1) is 12.0. The van der Waals surface area contributed by atoms with Crippen molar-refractivity contribution in [2.75, 3.05) is 13.2 Å². The summed E-state index contributed by atoms with van der Waals surface area (Å²) >= 11 is 0. The van der Waals surface area contributed by atoms with Gasteiger partial charge in [-0.1, -0.05) is 0 Å². The zero-order chi connectivity index (χ0) is 12.5. The molecule has 4 aliphatic rings. The highest BCUT2D eigenvalue weighted by Crippen LogP contribution is 2.56. The van der Waals surface area contributed by atoms with Crippen LogP contribution in [0.3, 0.4) is 0 Å². The van der Waals surface area contributed by atoms with Gasteiger partial charge in [0.05, 0.1) is 12.7 Å². The van der Waals surface area contributed by atoms with E-state index in [0.29, 0.717) is 12.5 Å². The summed E-state index contributed by atoms with van der Waals surface area (Å²) < 4.78 is 5.77. The second-order valence-electron chi connectivity index (χ2n) is 6.20.